The number of hydrogen-bond acceptors (Lipinski definition) is 2. The van der Waals surface area contributed by atoms with E-state index in [4.69, 9.17) is 10.2 Å². The summed E-state index contributed by atoms with van der Waals surface area (Å²) in [6.45, 7) is 8.86. The zero-order valence-electron chi connectivity index (χ0n) is 16.4. The average molecular weight is 346 g/mol. The van der Waals surface area contributed by atoms with Crippen molar-refractivity contribution in [3.8, 4) is 0 Å². The summed E-state index contributed by atoms with van der Waals surface area (Å²) in [6, 6.07) is 17.0. The highest BCUT2D eigenvalue weighted by Gasteiger charge is 2.42. The highest BCUT2D eigenvalue weighted by molar-refractivity contribution is 6.13. The molecule has 0 amide bonds. The Hall–Kier alpha value is -2.62. The van der Waals surface area contributed by atoms with Crippen molar-refractivity contribution in [3.63, 3.8) is 0 Å². The van der Waals surface area contributed by atoms with Crippen molar-refractivity contribution in [2.75, 3.05) is 23.9 Å². The van der Waals surface area contributed by atoms with Crippen molar-refractivity contribution < 1.29 is 0 Å². The molecule has 0 unspecified atom stereocenters. The first-order chi connectivity index (χ1) is 12.3. The van der Waals surface area contributed by atoms with Crippen molar-refractivity contribution in [3.05, 3.63) is 59.7 Å². The fraction of sp³-hybridized carbons (Fsp3) is 0.364. The van der Waals surface area contributed by atoms with Gasteiger partial charge < -0.3 is 9.80 Å². The molecule has 2 aliphatic heterocycles. The molecule has 2 aliphatic rings. The highest BCUT2D eigenvalue weighted by atomic mass is 15.4. The first-order valence-electron chi connectivity index (χ1n) is 9.09. The quantitative estimate of drug-likeness (QED) is 0.709. The van der Waals surface area contributed by atoms with Gasteiger partial charge in [0.05, 0.1) is 10.8 Å². The van der Waals surface area contributed by atoms with E-state index in [1.165, 1.54) is 22.5 Å². The van der Waals surface area contributed by atoms with Gasteiger partial charge in [0.15, 0.2) is 0 Å². The molecule has 0 aliphatic carbocycles. The molecule has 0 spiro atoms. The summed E-state index contributed by atoms with van der Waals surface area (Å²) in [5.41, 5.74) is 4.68. The maximum atomic E-state index is 4.77. The van der Waals surface area contributed by atoms with E-state index >= 15 is 0 Å². The Kier molecular flexibility index (Phi) is 3.52. The first kappa shape index (κ1) is 16.8. The van der Waals surface area contributed by atoms with E-state index in [1.807, 2.05) is 0 Å². The Labute approximate surface area is 155 Å². The Morgan fingerprint density at radius 2 is 0.962 bits per heavy atom. The van der Waals surface area contributed by atoms with Crippen LogP contribution >= 0.6 is 0 Å². The van der Waals surface area contributed by atoms with Crippen LogP contribution in [0.4, 0.5) is 11.4 Å². The van der Waals surface area contributed by atoms with Crippen LogP contribution in [0.15, 0.2) is 58.7 Å². The number of benzene rings is 2. The smallest absolute Gasteiger partial charge is 0.142 e. The number of likely N-dealkylation sites (N-methyl/N-ethyl adjacent to an activating group) is 2. The van der Waals surface area contributed by atoms with E-state index < -0.39 is 0 Å². The minimum Gasteiger partial charge on any atom is -0.330 e. The van der Waals surface area contributed by atoms with Gasteiger partial charge in [-0.3, -0.25) is 0 Å². The SMILES string of the molecule is CN1C(=NN=C2N(C)c3ccccc3C2(C)C)C(C)(C)c2ccccc21. The second-order valence-corrected chi connectivity index (χ2v) is 8.25. The van der Waals surface area contributed by atoms with E-state index in [9.17, 15) is 0 Å². The van der Waals surface area contributed by atoms with Crippen LogP contribution in [0.5, 0.6) is 0 Å². The van der Waals surface area contributed by atoms with Crippen LogP contribution in [-0.2, 0) is 10.8 Å². The summed E-state index contributed by atoms with van der Waals surface area (Å²) in [4.78, 5) is 4.32. The molecule has 0 aromatic heterocycles. The first-order valence-corrected chi connectivity index (χ1v) is 9.09. The van der Waals surface area contributed by atoms with Crippen LogP contribution in [0, 0.1) is 0 Å². The predicted molar refractivity (Wildman–Crippen MR) is 111 cm³/mol. The Morgan fingerprint density at radius 1 is 0.615 bits per heavy atom. The number of nitrogens with zero attached hydrogens (tertiary/aromatic N) is 4. The van der Waals surface area contributed by atoms with E-state index in [0.717, 1.165) is 11.7 Å². The third kappa shape index (κ3) is 2.14. The molecule has 0 atom stereocenters. The minimum absolute atomic E-state index is 0.163. The normalized spacial score (nSPS) is 22.8. The predicted octanol–water partition coefficient (Wildman–Crippen LogP) is 4.55. The third-order valence-electron chi connectivity index (χ3n) is 5.87. The molecule has 0 fully saturated rings. The van der Waals surface area contributed by atoms with Crippen LogP contribution in [0.2, 0.25) is 0 Å². The molecule has 2 aromatic carbocycles. The molecule has 134 valence electrons. The van der Waals surface area contributed by atoms with Gasteiger partial charge in [-0.1, -0.05) is 36.4 Å². The monoisotopic (exact) mass is 346 g/mol. The van der Waals surface area contributed by atoms with Crippen molar-refractivity contribution in [1.82, 2.24) is 0 Å². The van der Waals surface area contributed by atoms with E-state index in [-0.39, 0.29) is 10.8 Å². The maximum absolute atomic E-state index is 4.77. The largest absolute Gasteiger partial charge is 0.330 e. The summed E-state index contributed by atoms with van der Waals surface area (Å²) in [7, 11) is 4.15. The van der Waals surface area contributed by atoms with Crippen LogP contribution in [-0.4, -0.2) is 25.8 Å². The Bertz CT molecular complexity index is 859. The molecular formula is C22H26N4. The lowest BCUT2D eigenvalue weighted by atomic mass is 9.85. The van der Waals surface area contributed by atoms with E-state index in [2.05, 4.69) is 100 Å². The average Bonchev–Trinajstić information content (AvgIpc) is 2.94. The Morgan fingerprint density at radius 3 is 1.31 bits per heavy atom. The molecular weight excluding hydrogens is 320 g/mol. The lowest BCUT2D eigenvalue weighted by Crippen LogP contribution is -2.36. The zero-order chi connectivity index (χ0) is 18.7. The lowest BCUT2D eigenvalue weighted by Gasteiger charge is -2.23. The number of amidine groups is 2. The molecule has 2 heterocycles. The molecule has 0 saturated carbocycles. The molecule has 0 N–H and O–H groups in total. The van der Waals surface area contributed by atoms with Gasteiger partial charge in [0, 0.05) is 25.5 Å². The minimum atomic E-state index is -0.163. The van der Waals surface area contributed by atoms with Crippen molar-refractivity contribution in [2.45, 2.75) is 38.5 Å². The Balaban J connectivity index is 1.79. The molecule has 0 saturated heterocycles. The van der Waals surface area contributed by atoms with E-state index in [1.54, 1.807) is 0 Å². The van der Waals surface area contributed by atoms with Gasteiger partial charge in [0.2, 0.25) is 0 Å². The summed E-state index contributed by atoms with van der Waals surface area (Å²) in [5, 5.41) is 9.54. The highest BCUT2D eigenvalue weighted by Crippen LogP contribution is 2.43. The van der Waals surface area contributed by atoms with Crippen LogP contribution in [0.1, 0.15) is 38.8 Å². The number of para-hydroxylation sites is 2. The number of anilines is 2. The van der Waals surface area contributed by atoms with Crippen LogP contribution in [0.3, 0.4) is 0 Å². The lowest BCUT2D eigenvalue weighted by molar-refractivity contribution is 0.716. The van der Waals surface area contributed by atoms with Gasteiger partial charge in [0.25, 0.3) is 0 Å². The standard InChI is InChI=1S/C22H26N4/c1-21(2)15-11-7-9-13-17(15)25(5)19(21)23-24-20-22(3,4)16-12-8-10-14-18(16)26(20)6/h7-14H,1-6H3. The molecule has 4 heteroatoms. The molecule has 2 aromatic rings. The number of hydrogen-bond donors (Lipinski definition) is 0. The maximum Gasteiger partial charge on any atom is 0.142 e. The van der Waals surface area contributed by atoms with Crippen LogP contribution in [0.25, 0.3) is 0 Å². The van der Waals surface area contributed by atoms with Gasteiger partial charge >= 0.3 is 0 Å². The van der Waals surface area contributed by atoms with Crippen LogP contribution < -0.4 is 9.80 Å². The fourth-order valence-electron chi connectivity index (χ4n) is 4.38. The van der Waals surface area contributed by atoms with Gasteiger partial charge in [0.1, 0.15) is 11.7 Å². The van der Waals surface area contributed by atoms with Gasteiger partial charge in [-0.2, -0.15) is 0 Å². The summed E-state index contributed by atoms with van der Waals surface area (Å²) in [6.07, 6.45) is 0. The second-order valence-electron chi connectivity index (χ2n) is 8.25. The van der Waals surface area contributed by atoms with Crippen molar-refractivity contribution >= 4 is 23.0 Å². The molecule has 0 bridgehead atoms. The topological polar surface area (TPSA) is 31.2 Å². The van der Waals surface area contributed by atoms with Gasteiger partial charge in [-0.15, -0.1) is 10.2 Å². The third-order valence-corrected chi connectivity index (χ3v) is 5.87. The van der Waals surface area contributed by atoms with Gasteiger partial charge in [-0.05, 0) is 51.0 Å². The number of rotatable bonds is 1. The molecule has 26 heavy (non-hydrogen) atoms. The second kappa shape index (κ2) is 5.44. The van der Waals surface area contributed by atoms with Crippen molar-refractivity contribution in [1.29, 1.82) is 0 Å². The number of fused-ring (bicyclic) bond motifs is 2. The zero-order valence-corrected chi connectivity index (χ0v) is 16.4. The summed E-state index contributed by atoms with van der Waals surface area (Å²) in [5.74, 6) is 1.96. The van der Waals surface area contributed by atoms with Crippen molar-refractivity contribution in [2.24, 2.45) is 10.2 Å². The molecule has 0 radical (unpaired) electrons. The molecule has 4 nitrogen and oxygen atoms in total. The summed E-state index contributed by atoms with van der Waals surface area (Å²) >= 11 is 0. The molecule has 4 rings (SSSR count). The summed E-state index contributed by atoms with van der Waals surface area (Å²) < 4.78 is 0. The van der Waals surface area contributed by atoms with E-state index in [0.29, 0.717) is 0 Å². The van der Waals surface area contributed by atoms with Gasteiger partial charge in [-0.25, -0.2) is 0 Å². The fourth-order valence-corrected chi connectivity index (χ4v) is 4.38.